The van der Waals surface area contributed by atoms with Crippen LogP contribution in [0, 0.1) is 0 Å². The van der Waals surface area contributed by atoms with Gasteiger partial charge in [0.25, 0.3) is 5.91 Å². The fourth-order valence-corrected chi connectivity index (χ4v) is 2.97. The molecular weight excluding hydrogens is 408 g/mol. The van der Waals surface area contributed by atoms with E-state index >= 15 is 0 Å². The average molecular weight is 436 g/mol. The molecule has 2 N–H and O–H groups in total. The summed E-state index contributed by atoms with van der Waals surface area (Å²) < 4.78 is 10.0. The van der Waals surface area contributed by atoms with Gasteiger partial charge in [0.05, 0.1) is 23.8 Å². The third-order valence-electron chi connectivity index (χ3n) is 5.06. The van der Waals surface area contributed by atoms with Gasteiger partial charge in [0.15, 0.2) is 0 Å². The van der Waals surface area contributed by atoms with Crippen molar-refractivity contribution in [3.8, 4) is 0 Å². The van der Waals surface area contributed by atoms with Crippen molar-refractivity contribution in [1.29, 1.82) is 0 Å². The monoisotopic (exact) mass is 436 g/mol. The van der Waals surface area contributed by atoms with Gasteiger partial charge in [0.1, 0.15) is 24.9 Å². The molecule has 1 heterocycles. The zero-order valence-corrected chi connectivity index (χ0v) is 18.0. The molecule has 0 bridgehead atoms. The summed E-state index contributed by atoms with van der Waals surface area (Å²) in [6.45, 7) is 4.24. The Morgan fingerprint density at radius 3 is 1.81 bits per heavy atom. The number of carbonyl (C=O) groups excluding carboxylic acids is 4. The highest BCUT2D eigenvalue weighted by Crippen LogP contribution is 2.26. The number of rotatable bonds is 9. The Kier molecular flexibility index (Phi) is 7.75. The topological polar surface area (TPSA) is 134 Å². The first-order valence-electron chi connectivity index (χ1n) is 9.89. The van der Waals surface area contributed by atoms with Crippen LogP contribution in [0.3, 0.4) is 0 Å². The molecule has 3 amide bonds. The number of nitrogens with zero attached hydrogens (tertiary/aromatic N) is 2. The van der Waals surface area contributed by atoms with Crippen LogP contribution >= 0.6 is 0 Å². The first-order valence-corrected chi connectivity index (χ1v) is 9.89. The van der Waals surface area contributed by atoms with Gasteiger partial charge in [0, 0.05) is 7.05 Å². The average Bonchev–Trinajstić information content (AvgIpc) is 2.90. The maximum atomic E-state index is 12.2. The number of hydrogen-bond donors (Lipinski definition) is 2. The molecule has 2 unspecified atom stereocenters. The largest absolute Gasteiger partial charge is 0.459 e. The summed E-state index contributed by atoms with van der Waals surface area (Å²) >= 11 is 0. The minimum atomic E-state index is -1.19. The molecule has 1 aromatic carbocycles. The fourth-order valence-electron chi connectivity index (χ4n) is 2.97. The van der Waals surface area contributed by atoms with E-state index in [4.69, 9.17) is 9.47 Å². The maximum Gasteiger partial charge on any atom is 0.338 e. The van der Waals surface area contributed by atoms with Gasteiger partial charge in [0.2, 0.25) is 0 Å². The van der Waals surface area contributed by atoms with Crippen molar-refractivity contribution in [2.45, 2.75) is 44.9 Å². The number of amides is 3. The lowest BCUT2D eigenvalue weighted by atomic mass is 10.0. The minimum Gasteiger partial charge on any atom is -0.459 e. The quantitative estimate of drug-likeness (QED) is 0.429. The molecule has 2 atom stereocenters. The molecule has 1 aliphatic rings. The molecule has 31 heavy (non-hydrogen) atoms. The van der Waals surface area contributed by atoms with Gasteiger partial charge >= 0.3 is 18.0 Å². The van der Waals surface area contributed by atoms with Crippen molar-refractivity contribution in [3.05, 3.63) is 35.4 Å². The van der Waals surface area contributed by atoms with Gasteiger partial charge in [-0.15, -0.1) is 0 Å². The summed E-state index contributed by atoms with van der Waals surface area (Å²) in [5, 5.41) is 19.6. The molecular formula is C21H28N2O8. The predicted octanol–water partition coefficient (Wildman–Crippen LogP) is 0.805. The maximum absolute atomic E-state index is 12.2. The van der Waals surface area contributed by atoms with Crippen molar-refractivity contribution in [3.63, 3.8) is 0 Å². The van der Waals surface area contributed by atoms with Gasteiger partial charge in [-0.05, 0) is 44.5 Å². The van der Waals surface area contributed by atoms with Gasteiger partial charge < -0.3 is 24.6 Å². The lowest BCUT2D eigenvalue weighted by Gasteiger charge is -2.29. The number of likely N-dealkylation sites (N-methyl/N-ethyl adjacent to an activating group) is 1. The van der Waals surface area contributed by atoms with Crippen LogP contribution in [0.25, 0.3) is 0 Å². The zero-order chi connectivity index (χ0) is 23.3. The Hall–Kier alpha value is -2.98. The van der Waals surface area contributed by atoms with Crippen LogP contribution in [0.2, 0.25) is 0 Å². The number of β-amino-alcohol motifs (C(OH)–C–C–N with tert-alkyl or cyclic N) is 1. The number of carbonyl (C=O) groups is 4. The van der Waals surface area contributed by atoms with Gasteiger partial charge in [-0.25, -0.2) is 14.4 Å². The summed E-state index contributed by atoms with van der Waals surface area (Å²) in [6, 6.07) is 5.00. The van der Waals surface area contributed by atoms with E-state index in [1.165, 1.54) is 36.2 Å². The van der Waals surface area contributed by atoms with Crippen molar-refractivity contribution >= 4 is 23.9 Å². The van der Waals surface area contributed by atoms with Crippen molar-refractivity contribution in [2.75, 3.05) is 26.8 Å². The second-order valence-electron chi connectivity index (χ2n) is 7.81. The van der Waals surface area contributed by atoms with E-state index in [1.807, 2.05) is 0 Å². The van der Waals surface area contributed by atoms with E-state index in [2.05, 4.69) is 0 Å². The van der Waals surface area contributed by atoms with E-state index in [0.29, 0.717) is 6.42 Å². The number of benzene rings is 1. The molecule has 10 nitrogen and oxygen atoms in total. The molecule has 0 spiro atoms. The highest BCUT2D eigenvalue weighted by Gasteiger charge is 2.49. The summed E-state index contributed by atoms with van der Waals surface area (Å²) in [5.74, 6) is -1.73. The smallest absolute Gasteiger partial charge is 0.338 e. The summed E-state index contributed by atoms with van der Waals surface area (Å²) in [4.78, 5) is 50.6. The van der Waals surface area contributed by atoms with E-state index < -0.39 is 35.7 Å². The molecule has 0 radical (unpaired) electrons. The fraction of sp³-hybridized carbons (Fsp3) is 0.524. The Labute approximate surface area is 180 Å². The van der Waals surface area contributed by atoms with Crippen LogP contribution in [0.15, 0.2) is 24.3 Å². The van der Waals surface area contributed by atoms with Crippen LogP contribution in [-0.2, 0) is 14.3 Å². The number of urea groups is 1. The number of esters is 2. The number of imide groups is 1. The van der Waals surface area contributed by atoms with Crippen molar-refractivity contribution < 1.29 is 38.9 Å². The normalized spacial score (nSPS) is 17.5. The molecule has 1 fully saturated rings. The lowest BCUT2D eigenvalue weighted by Crippen LogP contribution is -2.48. The van der Waals surface area contributed by atoms with Crippen LogP contribution < -0.4 is 0 Å². The van der Waals surface area contributed by atoms with Gasteiger partial charge in [-0.2, -0.15) is 0 Å². The Morgan fingerprint density at radius 1 is 0.968 bits per heavy atom. The van der Waals surface area contributed by atoms with Gasteiger partial charge in [-0.1, -0.05) is 6.92 Å². The third kappa shape index (κ3) is 5.59. The SMILES string of the molecule is CCC(O)COC(=O)c1ccc(C(=O)OCC(O)CN2C(=O)N(C)C(=O)C2(C)C)cc1. The standard InChI is InChI=1S/C21H28N2O8/c1-5-15(24)11-30-17(26)13-6-8-14(9-7-13)18(27)31-12-16(25)10-23-20(29)22(4)19(28)21(23,2)3/h6-9,15-16,24-25H,5,10-12H2,1-4H3. The first-order chi connectivity index (χ1) is 14.5. The molecule has 0 aromatic heterocycles. The first kappa shape index (κ1) is 24.3. The predicted molar refractivity (Wildman–Crippen MR) is 108 cm³/mol. The number of aliphatic hydroxyl groups excluding tert-OH is 2. The van der Waals surface area contributed by atoms with Crippen molar-refractivity contribution in [1.82, 2.24) is 9.80 Å². The van der Waals surface area contributed by atoms with E-state index in [9.17, 15) is 29.4 Å². The summed E-state index contributed by atoms with van der Waals surface area (Å²) in [6.07, 6.45) is -1.46. The highest BCUT2D eigenvalue weighted by molar-refractivity contribution is 6.06. The molecule has 2 rings (SSSR count). The van der Waals surface area contributed by atoms with Crippen LogP contribution in [0.5, 0.6) is 0 Å². The number of aliphatic hydroxyl groups is 2. The Morgan fingerprint density at radius 2 is 1.42 bits per heavy atom. The molecule has 170 valence electrons. The molecule has 1 saturated heterocycles. The van der Waals surface area contributed by atoms with Gasteiger partial charge in [-0.3, -0.25) is 9.69 Å². The van der Waals surface area contributed by atoms with Crippen LogP contribution in [-0.4, -0.2) is 88.4 Å². The van der Waals surface area contributed by atoms with E-state index in [1.54, 1.807) is 20.8 Å². The van der Waals surface area contributed by atoms with E-state index in [0.717, 1.165) is 4.90 Å². The highest BCUT2D eigenvalue weighted by atomic mass is 16.5. The molecule has 0 aliphatic carbocycles. The molecule has 10 heteroatoms. The Bertz CT molecular complexity index is 836. The summed E-state index contributed by atoms with van der Waals surface area (Å²) in [7, 11) is 1.37. The Balaban J connectivity index is 1.87. The lowest BCUT2D eigenvalue weighted by molar-refractivity contribution is -0.131. The second-order valence-corrected chi connectivity index (χ2v) is 7.81. The summed E-state index contributed by atoms with van der Waals surface area (Å²) in [5.41, 5.74) is -0.734. The van der Waals surface area contributed by atoms with Crippen LogP contribution in [0.4, 0.5) is 4.79 Å². The number of ether oxygens (including phenoxy) is 2. The number of hydrogen-bond acceptors (Lipinski definition) is 8. The van der Waals surface area contributed by atoms with E-state index in [-0.39, 0.29) is 36.8 Å². The molecule has 1 aromatic rings. The molecule has 1 aliphatic heterocycles. The van der Waals surface area contributed by atoms with Crippen LogP contribution in [0.1, 0.15) is 47.9 Å². The second kappa shape index (κ2) is 9.88. The third-order valence-corrected chi connectivity index (χ3v) is 5.06. The minimum absolute atomic E-state index is 0.116. The zero-order valence-electron chi connectivity index (χ0n) is 18.0. The van der Waals surface area contributed by atoms with Crippen molar-refractivity contribution in [2.24, 2.45) is 0 Å². The molecule has 0 saturated carbocycles.